The van der Waals surface area contributed by atoms with Gasteiger partial charge < -0.3 is 15.6 Å². The zero-order valence-corrected chi connectivity index (χ0v) is 12.5. The predicted molar refractivity (Wildman–Crippen MR) is 82.6 cm³/mol. The summed E-state index contributed by atoms with van der Waals surface area (Å²) in [6.45, 7) is 7.82. The minimum absolute atomic E-state index is 0.494. The van der Waals surface area contributed by atoms with Crippen molar-refractivity contribution in [3.63, 3.8) is 0 Å². The van der Waals surface area contributed by atoms with Gasteiger partial charge in [0.1, 0.15) is 17.5 Å². The van der Waals surface area contributed by atoms with Crippen LogP contribution in [0, 0.1) is 0 Å². The number of hydrazine groups is 1. The Hall–Kier alpha value is -1.40. The largest absolute Gasteiger partial charge is 0.367 e. The number of rotatable bonds is 6. The summed E-state index contributed by atoms with van der Waals surface area (Å²) in [4.78, 5) is 11.4. The Morgan fingerprint density at radius 2 is 1.95 bits per heavy atom. The summed E-state index contributed by atoms with van der Waals surface area (Å²) in [5, 5.41) is 3.52. The Morgan fingerprint density at radius 1 is 1.25 bits per heavy atom. The minimum Gasteiger partial charge on any atom is -0.367 e. The van der Waals surface area contributed by atoms with Gasteiger partial charge in [0.15, 0.2) is 0 Å². The van der Waals surface area contributed by atoms with E-state index in [-0.39, 0.29) is 0 Å². The van der Waals surface area contributed by atoms with Gasteiger partial charge >= 0.3 is 0 Å². The second-order valence-electron chi connectivity index (χ2n) is 5.31. The first kappa shape index (κ1) is 15.0. The first-order valence-corrected chi connectivity index (χ1v) is 7.58. The molecule has 2 rings (SSSR count). The molecule has 2 heterocycles. The van der Waals surface area contributed by atoms with Crippen LogP contribution in [-0.2, 0) is 6.42 Å². The van der Waals surface area contributed by atoms with E-state index in [0.717, 1.165) is 30.9 Å². The van der Waals surface area contributed by atoms with E-state index in [9.17, 15) is 0 Å². The molecule has 0 amide bonds. The standard InChI is InChI=1S/C14H26N6/c1-3-7-20-8-5-11(6-9-20)16-13-10-14(19-15)18-12(4-2)17-13/h10-11H,3-9,15H2,1-2H3,(H2,16,17,18,19). The van der Waals surface area contributed by atoms with Gasteiger partial charge in [-0.1, -0.05) is 13.8 Å². The number of hydrogen-bond donors (Lipinski definition) is 3. The average molecular weight is 278 g/mol. The maximum absolute atomic E-state index is 5.45. The minimum atomic E-state index is 0.494. The Morgan fingerprint density at radius 3 is 2.55 bits per heavy atom. The molecule has 0 atom stereocenters. The van der Waals surface area contributed by atoms with Crippen molar-refractivity contribution in [1.29, 1.82) is 0 Å². The number of piperidine rings is 1. The Balaban J connectivity index is 1.93. The molecular weight excluding hydrogens is 252 g/mol. The Bertz CT molecular complexity index is 392. The van der Waals surface area contributed by atoms with Gasteiger partial charge in [0, 0.05) is 31.6 Å². The normalized spacial score (nSPS) is 17.1. The van der Waals surface area contributed by atoms with Crippen LogP contribution in [0.15, 0.2) is 6.07 Å². The van der Waals surface area contributed by atoms with Crippen LogP contribution in [-0.4, -0.2) is 40.5 Å². The topological polar surface area (TPSA) is 79.1 Å². The molecule has 0 unspecified atom stereocenters. The van der Waals surface area contributed by atoms with E-state index in [1.165, 1.54) is 26.1 Å². The summed E-state index contributed by atoms with van der Waals surface area (Å²) < 4.78 is 0. The van der Waals surface area contributed by atoms with Crippen molar-refractivity contribution in [2.45, 2.75) is 45.6 Å². The molecule has 1 saturated heterocycles. The number of aryl methyl sites for hydroxylation is 1. The summed E-state index contributed by atoms with van der Waals surface area (Å²) in [6, 6.07) is 2.37. The summed E-state index contributed by atoms with van der Waals surface area (Å²) in [6.07, 6.45) is 4.36. The monoisotopic (exact) mass is 278 g/mol. The Kier molecular flexibility index (Phi) is 5.55. The summed E-state index contributed by atoms with van der Waals surface area (Å²) in [5.41, 5.74) is 2.60. The molecule has 1 fully saturated rings. The number of nitrogen functional groups attached to an aromatic ring is 1. The van der Waals surface area contributed by atoms with Crippen LogP contribution < -0.4 is 16.6 Å². The third kappa shape index (κ3) is 4.05. The van der Waals surface area contributed by atoms with Gasteiger partial charge in [-0.15, -0.1) is 0 Å². The highest BCUT2D eigenvalue weighted by Crippen LogP contribution is 2.17. The lowest BCUT2D eigenvalue weighted by molar-refractivity contribution is 0.219. The van der Waals surface area contributed by atoms with Gasteiger partial charge in [0.2, 0.25) is 0 Å². The second-order valence-corrected chi connectivity index (χ2v) is 5.31. The zero-order chi connectivity index (χ0) is 14.4. The smallest absolute Gasteiger partial charge is 0.145 e. The number of aromatic nitrogens is 2. The van der Waals surface area contributed by atoms with Crippen molar-refractivity contribution in [2.75, 3.05) is 30.4 Å². The molecule has 4 N–H and O–H groups in total. The molecule has 112 valence electrons. The summed E-state index contributed by atoms with van der Waals surface area (Å²) in [7, 11) is 0. The number of likely N-dealkylation sites (tertiary alicyclic amines) is 1. The molecule has 6 heteroatoms. The zero-order valence-electron chi connectivity index (χ0n) is 12.5. The lowest BCUT2D eigenvalue weighted by atomic mass is 10.0. The van der Waals surface area contributed by atoms with E-state index < -0.39 is 0 Å². The van der Waals surface area contributed by atoms with Gasteiger partial charge in [-0.25, -0.2) is 15.8 Å². The van der Waals surface area contributed by atoms with Crippen LogP contribution >= 0.6 is 0 Å². The molecule has 1 aromatic rings. The third-order valence-electron chi connectivity index (χ3n) is 3.72. The average Bonchev–Trinajstić information content (AvgIpc) is 2.49. The number of nitrogens with two attached hydrogens (primary N) is 1. The van der Waals surface area contributed by atoms with Crippen molar-refractivity contribution in [3.8, 4) is 0 Å². The maximum Gasteiger partial charge on any atom is 0.145 e. The fourth-order valence-electron chi connectivity index (χ4n) is 2.63. The molecule has 0 radical (unpaired) electrons. The van der Waals surface area contributed by atoms with Crippen LogP contribution in [0.4, 0.5) is 11.6 Å². The molecule has 0 aromatic carbocycles. The maximum atomic E-state index is 5.45. The molecule has 1 aliphatic heterocycles. The van der Waals surface area contributed by atoms with Crippen LogP contribution in [0.25, 0.3) is 0 Å². The molecular formula is C14H26N6. The van der Waals surface area contributed by atoms with Crippen molar-refractivity contribution in [1.82, 2.24) is 14.9 Å². The lowest BCUT2D eigenvalue weighted by Gasteiger charge is -2.32. The Labute approximate surface area is 121 Å². The third-order valence-corrected chi connectivity index (χ3v) is 3.72. The quantitative estimate of drug-likeness (QED) is 0.542. The molecule has 0 bridgehead atoms. The van der Waals surface area contributed by atoms with Gasteiger partial charge in [0.05, 0.1) is 0 Å². The first-order chi connectivity index (χ1) is 9.75. The second kappa shape index (κ2) is 7.40. The summed E-state index contributed by atoms with van der Waals surface area (Å²) in [5.74, 6) is 7.81. The van der Waals surface area contributed by atoms with Gasteiger partial charge in [-0.05, 0) is 25.8 Å². The van der Waals surface area contributed by atoms with E-state index >= 15 is 0 Å². The fourth-order valence-corrected chi connectivity index (χ4v) is 2.63. The highest BCUT2D eigenvalue weighted by Gasteiger charge is 2.19. The van der Waals surface area contributed by atoms with E-state index in [1.807, 2.05) is 13.0 Å². The fraction of sp³-hybridized carbons (Fsp3) is 0.714. The molecule has 0 aliphatic carbocycles. The highest BCUT2D eigenvalue weighted by atomic mass is 15.3. The van der Waals surface area contributed by atoms with Crippen molar-refractivity contribution in [2.24, 2.45) is 5.84 Å². The molecule has 6 nitrogen and oxygen atoms in total. The lowest BCUT2D eigenvalue weighted by Crippen LogP contribution is -2.39. The molecule has 0 saturated carbocycles. The number of hydrogen-bond acceptors (Lipinski definition) is 6. The van der Waals surface area contributed by atoms with Gasteiger partial charge in [0.25, 0.3) is 0 Å². The molecule has 1 aromatic heterocycles. The number of nitrogens with zero attached hydrogens (tertiary/aromatic N) is 3. The van der Waals surface area contributed by atoms with E-state index in [4.69, 9.17) is 5.84 Å². The van der Waals surface area contributed by atoms with Crippen LogP contribution in [0.2, 0.25) is 0 Å². The van der Waals surface area contributed by atoms with Crippen molar-refractivity contribution >= 4 is 11.6 Å². The van der Waals surface area contributed by atoms with Crippen molar-refractivity contribution in [3.05, 3.63) is 11.9 Å². The summed E-state index contributed by atoms with van der Waals surface area (Å²) >= 11 is 0. The van der Waals surface area contributed by atoms with Gasteiger partial charge in [-0.3, -0.25) is 0 Å². The predicted octanol–water partition coefficient (Wildman–Crippen LogP) is 1.61. The molecule has 1 aliphatic rings. The molecule has 0 spiro atoms. The SMILES string of the molecule is CCCN1CCC(Nc2cc(NN)nc(CC)n2)CC1. The van der Waals surface area contributed by atoms with E-state index in [0.29, 0.717) is 11.9 Å². The van der Waals surface area contributed by atoms with Crippen LogP contribution in [0.1, 0.15) is 38.9 Å². The van der Waals surface area contributed by atoms with Crippen LogP contribution in [0.3, 0.4) is 0 Å². The first-order valence-electron chi connectivity index (χ1n) is 7.58. The van der Waals surface area contributed by atoms with Gasteiger partial charge in [-0.2, -0.15) is 0 Å². The van der Waals surface area contributed by atoms with Crippen LogP contribution in [0.5, 0.6) is 0 Å². The van der Waals surface area contributed by atoms with E-state index in [2.05, 4.69) is 32.5 Å². The number of anilines is 2. The molecule has 20 heavy (non-hydrogen) atoms. The number of nitrogens with one attached hydrogen (secondary N) is 2. The van der Waals surface area contributed by atoms with Crippen molar-refractivity contribution < 1.29 is 0 Å². The highest BCUT2D eigenvalue weighted by molar-refractivity contribution is 5.47. The van der Waals surface area contributed by atoms with E-state index in [1.54, 1.807) is 0 Å².